The second kappa shape index (κ2) is 5.00. The highest BCUT2D eigenvalue weighted by molar-refractivity contribution is 5.83. The van der Waals surface area contributed by atoms with E-state index in [1.54, 1.807) is 20.8 Å². The number of hydrogen-bond donors (Lipinski definition) is 3. The average Bonchev–Trinajstić information content (AvgIpc) is 1.95. The van der Waals surface area contributed by atoms with Gasteiger partial charge in [-0.2, -0.15) is 0 Å². The number of carboxylic acid groups (broad SMARTS) is 1. The lowest BCUT2D eigenvalue weighted by Gasteiger charge is -2.28. The van der Waals surface area contributed by atoms with E-state index in [0.717, 1.165) is 0 Å². The molecule has 0 bridgehead atoms. The molecule has 0 aromatic heterocycles. The number of amides is 2. The second-order valence-electron chi connectivity index (χ2n) is 4.91. The smallest absolute Gasteiger partial charge is 0.326 e. The van der Waals surface area contributed by atoms with Crippen LogP contribution in [0.4, 0.5) is 4.79 Å². The van der Waals surface area contributed by atoms with E-state index in [0.29, 0.717) is 0 Å². The molecule has 1 atom stereocenters. The van der Waals surface area contributed by atoms with Crippen molar-refractivity contribution in [2.24, 2.45) is 5.41 Å². The first-order chi connectivity index (χ1) is 6.64. The zero-order valence-electron chi connectivity index (χ0n) is 9.92. The molecule has 2 amide bonds. The van der Waals surface area contributed by atoms with Gasteiger partial charge in [-0.15, -0.1) is 0 Å². The molecule has 0 aromatic carbocycles. The largest absolute Gasteiger partial charge is 0.480 e. The van der Waals surface area contributed by atoms with Crippen LogP contribution in [0.15, 0.2) is 0 Å². The highest BCUT2D eigenvalue weighted by atomic mass is 16.4. The number of rotatable bonds is 3. The molecule has 0 aliphatic carbocycles. The van der Waals surface area contributed by atoms with Crippen molar-refractivity contribution in [1.29, 1.82) is 0 Å². The first-order valence-corrected chi connectivity index (χ1v) is 4.94. The molecule has 1 unspecified atom stereocenters. The quantitative estimate of drug-likeness (QED) is 0.663. The second-order valence-corrected chi connectivity index (χ2v) is 4.91. The van der Waals surface area contributed by atoms with Crippen LogP contribution < -0.4 is 10.6 Å². The summed E-state index contributed by atoms with van der Waals surface area (Å²) < 4.78 is 0. The van der Waals surface area contributed by atoms with Gasteiger partial charge in [-0.05, 0) is 19.3 Å². The molecular formula is C10H20N2O3. The fourth-order valence-electron chi connectivity index (χ4n) is 1.08. The standard InChI is InChI=1S/C10H20N2O3/c1-6(2)11-9(15)12-7(8(13)14)10(3,4)5/h6-7H,1-5H3,(H,13,14)(H2,11,12,15). The lowest BCUT2D eigenvalue weighted by Crippen LogP contribution is -2.53. The van der Waals surface area contributed by atoms with E-state index in [1.807, 2.05) is 13.8 Å². The maximum Gasteiger partial charge on any atom is 0.326 e. The van der Waals surface area contributed by atoms with E-state index in [2.05, 4.69) is 10.6 Å². The number of nitrogens with one attached hydrogen (secondary N) is 2. The van der Waals surface area contributed by atoms with Crippen LogP contribution in [-0.4, -0.2) is 29.2 Å². The van der Waals surface area contributed by atoms with Crippen molar-refractivity contribution in [2.45, 2.75) is 46.7 Å². The summed E-state index contributed by atoms with van der Waals surface area (Å²) in [6, 6.07) is -1.36. The number of carbonyl (C=O) groups excluding carboxylic acids is 1. The lowest BCUT2D eigenvalue weighted by molar-refractivity contribution is -0.141. The van der Waals surface area contributed by atoms with Crippen molar-refractivity contribution in [3.05, 3.63) is 0 Å². The van der Waals surface area contributed by atoms with E-state index < -0.39 is 23.5 Å². The summed E-state index contributed by atoms with van der Waals surface area (Å²) in [5.74, 6) is -1.03. The zero-order valence-corrected chi connectivity index (χ0v) is 9.92. The van der Waals surface area contributed by atoms with Gasteiger partial charge in [-0.25, -0.2) is 9.59 Å². The Morgan fingerprint density at radius 2 is 1.60 bits per heavy atom. The van der Waals surface area contributed by atoms with Gasteiger partial charge in [0.1, 0.15) is 6.04 Å². The van der Waals surface area contributed by atoms with Crippen molar-refractivity contribution >= 4 is 12.0 Å². The molecule has 0 aliphatic rings. The van der Waals surface area contributed by atoms with Gasteiger partial charge in [0.2, 0.25) is 0 Å². The highest BCUT2D eigenvalue weighted by Gasteiger charge is 2.32. The molecular weight excluding hydrogens is 196 g/mol. The Kier molecular flexibility index (Phi) is 4.58. The van der Waals surface area contributed by atoms with Gasteiger partial charge >= 0.3 is 12.0 Å². The maximum absolute atomic E-state index is 11.3. The van der Waals surface area contributed by atoms with E-state index >= 15 is 0 Å². The lowest BCUT2D eigenvalue weighted by atomic mass is 9.87. The molecule has 0 saturated heterocycles. The minimum absolute atomic E-state index is 0.0144. The van der Waals surface area contributed by atoms with E-state index in [4.69, 9.17) is 5.11 Å². The molecule has 0 radical (unpaired) electrons. The molecule has 0 heterocycles. The third kappa shape index (κ3) is 5.24. The van der Waals surface area contributed by atoms with Crippen molar-refractivity contribution in [2.75, 3.05) is 0 Å². The first kappa shape index (κ1) is 13.7. The molecule has 0 saturated carbocycles. The fraction of sp³-hybridized carbons (Fsp3) is 0.800. The summed E-state index contributed by atoms with van der Waals surface area (Å²) in [6.45, 7) is 8.92. The number of aliphatic carboxylic acids is 1. The molecule has 15 heavy (non-hydrogen) atoms. The van der Waals surface area contributed by atoms with Crippen LogP contribution >= 0.6 is 0 Å². The number of hydrogen-bond acceptors (Lipinski definition) is 2. The molecule has 0 aliphatic heterocycles. The van der Waals surface area contributed by atoms with Gasteiger partial charge in [0, 0.05) is 6.04 Å². The summed E-state index contributed by atoms with van der Waals surface area (Å²) in [7, 11) is 0. The van der Waals surface area contributed by atoms with Crippen LogP contribution in [0.2, 0.25) is 0 Å². The SMILES string of the molecule is CC(C)NC(=O)NC(C(=O)O)C(C)(C)C. The highest BCUT2D eigenvalue weighted by Crippen LogP contribution is 2.19. The Morgan fingerprint density at radius 3 is 1.87 bits per heavy atom. The Morgan fingerprint density at radius 1 is 1.13 bits per heavy atom. The maximum atomic E-state index is 11.3. The third-order valence-electron chi connectivity index (χ3n) is 1.81. The van der Waals surface area contributed by atoms with Gasteiger partial charge in [-0.3, -0.25) is 0 Å². The Labute approximate surface area is 90.2 Å². The Balaban J connectivity index is 4.44. The van der Waals surface area contributed by atoms with Crippen LogP contribution in [0, 0.1) is 5.41 Å². The zero-order chi connectivity index (χ0) is 12.2. The fourth-order valence-corrected chi connectivity index (χ4v) is 1.08. The summed E-state index contributed by atoms with van der Waals surface area (Å²) in [4.78, 5) is 22.3. The Bertz CT molecular complexity index is 244. The minimum atomic E-state index is -1.03. The summed E-state index contributed by atoms with van der Waals surface area (Å²) in [5.41, 5.74) is -0.514. The van der Waals surface area contributed by atoms with Gasteiger partial charge in [-0.1, -0.05) is 20.8 Å². The molecule has 0 spiro atoms. The van der Waals surface area contributed by atoms with Gasteiger partial charge in [0.05, 0.1) is 0 Å². The summed E-state index contributed by atoms with van der Waals surface area (Å²) in [5, 5.41) is 14.0. The topological polar surface area (TPSA) is 78.4 Å². The van der Waals surface area contributed by atoms with E-state index in [9.17, 15) is 9.59 Å². The molecule has 0 rings (SSSR count). The van der Waals surface area contributed by atoms with Crippen molar-refractivity contribution in [3.8, 4) is 0 Å². The average molecular weight is 216 g/mol. The number of carboxylic acids is 1. The van der Waals surface area contributed by atoms with Gasteiger partial charge in [0.15, 0.2) is 0 Å². The van der Waals surface area contributed by atoms with Crippen molar-refractivity contribution in [3.63, 3.8) is 0 Å². The summed E-state index contributed by atoms with van der Waals surface area (Å²) in [6.07, 6.45) is 0. The number of carbonyl (C=O) groups is 2. The third-order valence-corrected chi connectivity index (χ3v) is 1.81. The molecule has 5 nitrogen and oxygen atoms in total. The summed E-state index contributed by atoms with van der Waals surface area (Å²) >= 11 is 0. The van der Waals surface area contributed by atoms with Crippen LogP contribution in [0.3, 0.4) is 0 Å². The van der Waals surface area contributed by atoms with Crippen LogP contribution in [0.1, 0.15) is 34.6 Å². The van der Waals surface area contributed by atoms with Crippen molar-refractivity contribution < 1.29 is 14.7 Å². The predicted octanol–water partition coefficient (Wildman–Crippen LogP) is 1.19. The molecule has 0 fully saturated rings. The monoisotopic (exact) mass is 216 g/mol. The first-order valence-electron chi connectivity index (χ1n) is 4.94. The van der Waals surface area contributed by atoms with Crippen LogP contribution in [0.25, 0.3) is 0 Å². The minimum Gasteiger partial charge on any atom is -0.480 e. The molecule has 3 N–H and O–H groups in total. The van der Waals surface area contributed by atoms with E-state index in [1.165, 1.54) is 0 Å². The van der Waals surface area contributed by atoms with E-state index in [-0.39, 0.29) is 6.04 Å². The molecule has 5 heteroatoms. The van der Waals surface area contributed by atoms with Crippen molar-refractivity contribution in [1.82, 2.24) is 10.6 Å². The molecule has 0 aromatic rings. The van der Waals surface area contributed by atoms with Gasteiger partial charge in [0.25, 0.3) is 0 Å². The Hall–Kier alpha value is -1.26. The number of urea groups is 1. The van der Waals surface area contributed by atoms with Gasteiger partial charge < -0.3 is 15.7 Å². The van der Waals surface area contributed by atoms with Crippen LogP contribution in [0.5, 0.6) is 0 Å². The van der Waals surface area contributed by atoms with Crippen LogP contribution in [-0.2, 0) is 4.79 Å². The predicted molar refractivity (Wildman–Crippen MR) is 57.7 cm³/mol. The normalized spacial score (nSPS) is 13.5. The molecule has 88 valence electrons.